The van der Waals surface area contributed by atoms with Crippen molar-refractivity contribution in [1.82, 2.24) is 10.6 Å². The first kappa shape index (κ1) is 18.3. The molecule has 134 valence electrons. The minimum Gasteiger partial charge on any atom is -0.508 e. The Morgan fingerprint density at radius 1 is 1.12 bits per heavy atom. The molecule has 0 spiro atoms. The van der Waals surface area contributed by atoms with Gasteiger partial charge < -0.3 is 25.2 Å². The lowest BCUT2D eigenvalue weighted by molar-refractivity contribution is -0.139. The van der Waals surface area contributed by atoms with Crippen molar-refractivity contribution >= 4 is 18.0 Å². The summed E-state index contributed by atoms with van der Waals surface area (Å²) in [4.78, 5) is 36.0. The van der Waals surface area contributed by atoms with Gasteiger partial charge in [-0.15, -0.1) is 0 Å². The monoisotopic (exact) mass is 348 g/mol. The van der Waals surface area contributed by atoms with E-state index in [4.69, 9.17) is 9.47 Å². The van der Waals surface area contributed by atoms with Crippen LogP contribution in [0, 0.1) is 0 Å². The van der Waals surface area contributed by atoms with Crippen molar-refractivity contribution in [2.75, 3.05) is 13.2 Å². The fourth-order valence-electron chi connectivity index (χ4n) is 2.39. The normalized spacial score (nSPS) is 16.7. The number of benzene rings is 1. The maximum atomic E-state index is 12.2. The van der Waals surface area contributed by atoms with Gasteiger partial charge in [0.2, 0.25) is 0 Å². The molecule has 0 radical (unpaired) electrons. The Labute approximate surface area is 144 Å². The molecule has 2 amide bonds. The second-order valence-corrected chi connectivity index (χ2v) is 5.30. The van der Waals surface area contributed by atoms with E-state index in [0.717, 1.165) is 0 Å². The van der Waals surface area contributed by atoms with Crippen LogP contribution in [0.1, 0.15) is 30.6 Å². The number of esters is 2. The summed E-state index contributed by atoms with van der Waals surface area (Å²) in [6.45, 7) is 3.40. The van der Waals surface area contributed by atoms with Crippen LogP contribution in [-0.4, -0.2) is 42.3 Å². The number of urea groups is 1. The molecule has 1 aliphatic heterocycles. The number of aromatic hydroxyl groups is 1. The highest BCUT2D eigenvalue weighted by Crippen LogP contribution is 2.18. The molecule has 1 atom stereocenters. The van der Waals surface area contributed by atoms with E-state index in [1.54, 1.807) is 6.92 Å². The molecule has 2 rings (SSSR count). The third kappa shape index (κ3) is 4.50. The molecule has 25 heavy (non-hydrogen) atoms. The number of rotatable bonds is 6. The molecular weight excluding hydrogens is 328 g/mol. The van der Waals surface area contributed by atoms with Gasteiger partial charge in [0.25, 0.3) is 0 Å². The maximum absolute atomic E-state index is 12.2. The van der Waals surface area contributed by atoms with Crippen LogP contribution in [0.4, 0.5) is 4.79 Å². The first-order valence-corrected chi connectivity index (χ1v) is 7.90. The minimum absolute atomic E-state index is 0.0280. The van der Waals surface area contributed by atoms with Crippen LogP contribution in [0.2, 0.25) is 0 Å². The first-order chi connectivity index (χ1) is 12.0. The molecule has 1 aromatic carbocycles. The number of hydrogen-bond acceptors (Lipinski definition) is 6. The number of phenolic OH excluding ortho intramolecular Hbond substituents is 1. The lowest BCUT2D eigenvalue weighted by Crippen LogP contribution is -2.51. The van der Waals surface area contributed by atoms with Crippen LogP contribution in [0.15, 0.2) is 35.5 Å². The molecule has 0 saturated carbocycles. The van der Waals surface area contributed by atoms with Gasteiger partial charge in [0, 0.05) is 0 Å². The van der Waals surface area contributed by atoms with Crippen LogP contribution < -0.4 is 10.6 Å². The molecule has 0 aliphatic carbocycles. The molecule has 0 bridgehead atoms. The third-order valence-corrected chi connectivity index (χ3v) is 3.60. The average Bonchev–Trinajstić information content (AvgIpc) is 2.59. The van der Waals surface area contributed by atoms with Gasteiger partial charge in [0.05, 0.1) is 29.5 Å². The van der Waals surface area contributed by atoms with Crippen molar-refractivity contribution in [1.29, 1.82) is 0 Å². The number of phenols is 1. The lowest BCUT2D eigenvalue weighted by atomic mass is 10.0. The second-order valence-electron chi connectivity index (χ2n) is 5.30. The molecular formula is C17H20N2O6. The quantitative estimate of drug-likeness (QED) is 0.671. The molecule has 0 unspecified atom stereocenters. The number of carbonyl (C=O) groups excluding carboxylic acids is 3. The van der Waals surface area contributed by atoms with Gasteiger partial charge >= 0.3 is 18.0 Å². The fraction of sp³-hybridized carbons (Fsp3) is 0.353. The van der Waals surface area contributed by atoms with Gasteiger partial charge in [-0.2, -0.15) is 0 Å². The van der Waals surface area contributed by atoms with Crippen molar-refractivity contribution < 1.29 is 29.0 Å². The second kappa shape index (κ2) is 8.18. The van der Waals surface area contributed by atoms with E-state index in [-0.39, 0.29) is 35.8 Å². The van der Waals surface area contributed by atoms with Gasteiger partial charge in [0.15, 0.2) is 0 Å². The Balaban J connectivity index is 2.19. The summed E-state index contributed by atoms with van der Waals surface area (Å²) in [5.41, 5.74) is 0.673. The molecule has 1 aromatic rings. The van der Waals surface area contributed by atoms with Crippen molar-refractivity contribution in [3.63, 3.8) is 0 Å². The number of hydrogen-bond donors (Lipinski definition) is 3. The Morgan fingerprint density at radius 3 is 2.40 bits per heavy atom. The smallest absolute Gasteiger partial charge is 0.338 e. The van der Waals surface area contributed by atoms with E-state index in [2.05, 4.69) is 10.6 Å². The Hall–Kier alpha value is -3.03. The molecule has 1 heterocycles. The van der Waals surface area contributed by atoms with Gasteiger partial charge in [-0.3, -0.25) is 0 Å². The Kier molecular flexibility index (Phi) is 5.99. The standard InChI is InChI=1S/C17H20N2O6/c1-3-12-14(16(22)24-4-2)13(19-17(23)18-12)9-25-15(21)10-5-7-11(20)8-6-10/h5-8,12,20H,3-4,9H2,1-2H3,(H2,18,19,23)/t12-/m1/s1. The molecule has 0 aromatic heterocycles. The highest BCUT2D eigenvalue weighted by molar-refractivity contribution is 5.95. The SMILES string of the molecule is CCOC(=O)C1=C(COC(=O)c2ccc(O)cc2)NC(=O)N[C@@H]1CC. The number of carbonyl (C=O) groups is 3. The fourth-order valence-corrected chi connectivity index (χ4v) is 2.39. The number of nitrogens with one attached hydrogen (secondary N) is 2. The maximum Gasteiger partial charge on any atom is 0.338 e. The van der Waals surface area contributed by atoms with Gasteiger partial charge in [-0.25, -0.2) is 14.4 Å². The van der Waals surface area contributed by atoms with Gasteiger partial charge in [-0.1, -0.05) is 6.92 Å². The van der Waals surface area contributed by atoms with Crippen molar-refractivity contribution in [2.24, 2.45) is 0 Å². The summed E-state index contributed by atoms with van der Waals surface area (Å²) in [6, 6.07) is 4.55. The van der Waals surface area contributed by atoms with Crippen molar-refractivity contribution in [3.05, 3.63) is 41.1 Å². The Morgan fingerprint density at radius 2 is 1.80 bits per heavy atom. The average molecular weight is 348 g/mol. The third-order valence-electron chi connectivity index (χ3n) is 3.60. The predicted molar refractivity (Wildman–Crippen MR) is 87.8 cm³/mol. The van der Waals surface area contributed by atoms with Crippen molar-refractivity contribution in [3.8, 4) is 5.75 Å². The molecule has 0 fully saturated rings. The molecule has 8 nitrogen and oxygen atoms in total. The van der Waals surface area contributed by atoms with Crippen LogP contribution in [0.3, 0.4) is 0 Å². The molecule has 8 heteroatoms. The molecule has 3 N–H and O–H groups in total. The van der Waals surface area contributed by atoms with E-state index in [0.29, 0.717) is 6.42 Å². The summed E-state index contributed by atoms with van der Waals surface area (Å²) < 4.78 is 10.2. The zero-order valence-corrected chi connectivity index (χ0v) is 14.0. The van der Waals surface area contributed by atoms with E-state index < -0.39 is 24.0 Å². The summed E-state index contributed by atoms with van der Waals surface area (Å²) in [5, 5.41) is 14.4. The molecule has 0 saturated heterocycles. The van der Waals surface area contributed by atoms with Gasteiger partial charge in [0.1, 0.15) is 12.4 Å². The van der Waals surface area contributed by atoms with Crippen LogP contribution >= 0.6 is 0 Å². The topological polar surface area (TPSA) is 114 Å². The Bertz CT molecular complexity index is 696. The van der Waals surface area contributed by atoms with Crippen LogP contribution in [0.5, 0.6) is 5.75 Å². The molecule has 1 aliphatic rings. The zero-order valence-electron chi connectivity index (χ0n) is 14.0. The van der Waals surface area contributed by atoms with E-state index in [1.165, 1.54) is 24.3 Å². The van der Waals surface area contributed by atoms with Gasteiger partial charge in [-0.05, 0) is 37.6 Å². The van der Waals surface area contributed by atoms with Crippen LogP contribution in [-0.2, 0) is 14.3 Å². The predicted octanol–water partition coefficient (Wildman–Crippen LogP) is 1.46. The summed E-state index contributed by atoms with van der Waals surface area (Å²) >= 11 is 0. The summed E-state index contributed by atoms with van der Waals surface area (Å²) in [5.74, 6) is -1.19. The van der Waals surface area contributed by atoms with E-state index in [1.807, 2.05) is 6.92 Å². The lowest BCUT2D eigenvalue weighted by Gasteiger charge is -2.28. The number of ether oxygens (including phenoxy) is 2. The van der Waals surface area contributed by atoms with Crippen molar-refractivity contribution in [2.45, 2.75) is 26.3 Å². The van der Waals surface area contributed by atoms with Crippen LogP contribution in [0.25, 0.3) is 0 Å². The summed E-state index contributed by atoms with van der Waals surface area (Å²) in [6.07, 6.45) is 0.483. The largest absolute Gasteiger partial charge is 0.508 e. The number of amides is 2. The minimum atomic E-state index is -0.642. The van der Waals surface area contributed by atoms with E-state index >= 15 is 0 Å². The highest BCUT2D eigenvalue weighted by Gasteiger charge is 2.32. The highest BCUT2D eigenvalue weighted by atomic mass is 16.5. The van der Waals surface area contributed by atoms with E-state index in [9.17, 15) is 19.5 Å². The zero-order chi connectivity index (χ0) is 18.4. The first-order valence-electron chi connectivity index (χ1n) is 7.90. The summed E-state index contributed by atoms with van der Waals surface area (Å²) in [7, 11) is 0.